The first-order chi connectivity index (χ1) is 7.63. The number of benzene rings is 1. The van der Waals surface area contributed by atoms with Crippen molar-refractivity contribution >= 4 is 0 Å². The second-order valence-corrected chi connectivity index (χ2v) is 3.58. The van der Waals surface area contributed by atoms with Crippen LogP contribution in [0.1, 0.15) is 24.2 Å². The van der Waals surface area contributed by atoms with Gasteiger partial charge in [-0.25, -0.2) is 4.39 Å². The summed E-state index contributed by atoms with van der Waals surface area (Å²) in [5, 5.41) is 0. The van der Waals surface area contributed by atoms with Crippen LogP contribution in [0.5, 0.6) is 11.5 Å². The molecule has 2 N–H and O–H groups in total. The van der Waals surface area contributed by atoms with E-state index in [0.717, 1.165) is 5.56 Å². The Morgan fingerprint density at radius 3 is 2.44 bits per heavy atom. The molecule has 1 rings (SSSR count). The Kier molecular flexibility index (Phi) is 4.55. The maximum Gasteiger partial charge on any atom is 0.166 e. The Morgan fingerprint density at radius 1 is 1.31 bits per heavy atom. The fourth-order valence-corrected chi connectivity index (χ4v) is 1.66. The number of hydrogen-bond donors (Lipinski definition) is 1. The van der Waals surface area contributed by atoms with Gasteiger partial charge in [0.25, 0.3) is 0 Å². The molecule has 0 aromatic heterocycles. The van der Waals surface area contributed by atoms with Gasteiger partial charge in [0, 0.05) is 5.56 Å². The number of alkyl halides is 1. The first-order valence-corrected chi connectivity index (χ1v) is 5.23. The molecule has 3 nitrogen and oxygen atoms in total. The highest BCUT2D eigenvalue weighted by atomic mass is 19.1. The Bertz CT molecular complexity index is 353. The Labute approximate surface area is 95.4 Å². The molecule has 16 heavy (non-hydrogen) atoms. The van der Waals surface area contributed by atoms with Crippen molar-refractivity contribution in [2.24, 2.45) is 5.73 Å². The van der Waals surface area contributed by atoms with Crippen molar-refractivity contribution < 1.29 is 13.9 Å². The molecule has 0 spiro atoms. The average molecular weight is 227 g/mol. The van der Waals surface area contributed by atoms with Crippen LogP contribution < -0.4 is 15.2 Å². The van der Waals surface area contributed by atoms with Crippen LogP contribution in [0.15, 0.2) is 12.1 Å². The molecule has 1 atom stereocenters. The van der Waals surface area contributed by atoms with Crippen LogP contribution in [0.2, 0.25) is 0 Å². The van der Waals surface area contributed by atoms with E-state index in [0.29, 0.717) is 30.0 Å². The van der Waals surface area contributed by atoms with E-state index in [1.165, 1.54) is 21.1 Å². The smallest absolute Gasteiger partial charge is 0.166 e. The molecule has 0 heterocycles. The van der Waals surface area contributed by atoms with Crippen molar-refractivity contribution in [2.75, 3.05) is 20.8 Å². The van der Waals surface area contributed by atoms with Crippen LogP contribution in [-0.4, -0.2) is 20.8 Å². The normalized spacial score (nSPS) is 12.3. The molecule has 1 unspecified atom stereocenters. The number of halogens is 1. The maximum atomic E-state index is 13.5. The lowest BCUT2D eigenvalue weighted by atomic mass is 10.0. The lowest BCUT2D eigenvalue weighted by molar-refractivity contribution is 0.323. The van der Waals surface area contributed by atoms with Gasteiger partial charge in [-0.2, -0.15) is 0 Å². The van der Waals surface area contributed by atoms with Crippen LogP contribution in [-0.2, 0) is 6.42 Å². The van der Waals surface area contributed by atoms with Crippen molar-refractivity contribution in [1.29, 1.82) is 0 Å². The SMILES string of the molecule is COc1cc(CCN)cc(C(C)F)c1OC. The van der Waals surface area contributed by atoms with Crippen LogP contribution in [0.4, 0.5) is 4.39 Å². The van der Waals surface area contributed by atoms with E-state index in [1.54, 1.807) is 6.07 Å². The van der Waals surface area contributed by atoms with Crippen molar-refractivity contribution in [3.05, 3.63) is 23.3 Å². The molecule has 0 aliphatic carbocycles. The average Bonchev–Trinajstić information content (AvgIpc) is 2.28. The van der Waals surface area contributed by atoms with Gasteiger partial charge < -0.3 is 15.2 Å². The predicted molar refractivity (Wildman–Crippen MR) is 61.8 cm³/mol. The third-order valence-corrected chi connectivity index (χ3v) is 2.43. The summed E-state index contributed by atoms with van der Waals surface area (Å²) in [5.41, 5.74) is 6.95. The van der Waals surface area contributed by atoms with Gasteiger partial charge in [0.2, 0.25) is 0 Å². The highest BCUT2D eigenvalue weighted by Crippen LogP contribution is 2.37. The van der Waals surface area contributed by atoms with Crippen molar-refractivity contribution in [3.8, 4) is 11.5 Å². The molecule has 1 aromatic carbocycles. The lowest BCUT2D eigenvalue weighted by Gasteiger charge is -2.15. The van der Waals surface area contributed by atoms with Crippen LogP contribution in [0.25, 0.3) is 0 Å². The molecule has 1 aromatic rings. The highest BCUT2D eigenvalue weighted by molar-refractivity contribution is 5.50. The fraction of sp³-hybridized carbons (Fsp3) is 0.500. The van der Waals surface area contributed by atoms with Gasteiger partial charge in [0.1, 0.15) is 6.17 Å². The molecule has 4 heteroatoms. The largest absolute Gasteiger partial charge is 0.493 e. The van der Waals surface area contributed by atoms with Gasteiger partial charge in [0.05, 0.1) is 14.2 Å². The summed E-state index contributed by atoms with van der Waals surface area (Å²) in [7, 11) is 3.04. The lowest BCUT2D eigenvalue weighted by Crippen LogP contribution is -2.05. The minimum atomic E-state index is -1.10. The Hall–Kier alpha value is -1.29. The molecule has 0 aliphatic heterocycles. The standard InChI is InChI=1S/C12H18FNO2/c1-8(13)10-6-9(4-5-14)7-11(15-2)12(10)16-3/h6-8H,4-5,14H2,1-3H3. The van der Waals surface area contributed by atoms with E-state index in [-0.39, 0.29) is 0 Å². The molecule has 0 aliphatic rings. The zero-order valence-corrected chi connectivity index (χ0v) is 9.92. The van der Waals surface area contributed by atoms with Gasteiger partial charge in [-0.1, -0.05) is 0 Å². The number of ether oxygens (including phenoxy) is 2. The van der Waals surface area contributed by atoms with E-state index in [1.807, 2.05) is 6.07 Å². The quantitative estimate of drug-likeness (QED) is 0.839. The zero-order valence-electron chi connectivity index (χ0n) is 9.92. The van der Waals surface area contributed by atoms with E-state index in [4.69, 9.17) is 15.2 Å². The molecular weight excluding hydrogens is 209 g/mol. The monoisotopic (exact) mass is 227 g/mol. The zero-order chi connectivity index (χ0) is 12.1. The van der Waals surface area contributed by atoms with Crippen LogP contribution in [0.3, 0.4) is 0 Å². The molecule has 0 bridgehead atoms. The summed E-state index contributed by atoms with van der Waals surface area (Å²) in [5.74, 6) is 1.01. The van der Waals surface area contributed by atoms with Crippen molar-refractivity contribution in [2.45, 2.75) is 19.5 Å². The van der Waals surface area contributed by atoms with Crippen LogP contribution >= 0.6 is 0 Å². The topological polar surface area (TPSA) is 44.5 Å². The first kappa shape index (κ1) is 12.8. The number of nitrogens with two attached hydrogens (primary N) is 1. The molecule has 0 amide bonds. The number of methoxy groups -OCH3 is 2. The number of hydrogen-bond acceptors (Lipinski definition) is 3. The third kappa shape index (κ3) is 2.64. The summed E-state index contributed by atoms with van der Waals surface area (Å²) in [6.45, 7) is 2.00. The Morgan fingerprint density at radius 2 is 2.00 bits per heavy atom. The van der Waals surface area contributed by atoms with Gasteiger partial charge in [-0.15, -0.1) is 0 Å². The minimum absolute atomic E-state index is 0.457. The third-order valence-electron chi connectivity index (χ3n) is 2.43. The molecule has 0 radical (unpaired) electrons. The summed E-state index contributed by atoms with van der Waals surface area (Å²) < 4.78 is 23.8. The predicted octanol–water partition coefficient (Wildman–Crippen LogP) is 2.24. The second kappa shape index (κ2) is 5.70. The van der Waals surface area contributed by atoms with Crippen molar-refractivity contribution in [1.82, 2.24) is 0 Å². The molecule has 0 fully saturated rings. The molecule has 0 saturated heterocycles. The second-order valence-electron chi connectivity index (χ2n) is 3.58. The summed E-state index contributed by atoms with van der Waals surface area (Å²) >= 11 is 0. The van der Waals surface area contributed by atoms with Gasteiger partial charge in [-0.05, 0) is 37.6 Å². The summed E-state index contributed by atoms with van der Waals surface area (Å²) in [6, 6.07) is 3.61. The van der Waals surface area contributed by atoms with Gasteiger partial charge in [-0.3, -0.25) is 0 Å². The molecule has 90 valence electrons. The maximum absolute atomic E-state index is 13.5. The molecular formula is C12H18FNO2. The first-order valence-electron chi connectivity index (χ1n) is 5.23. The van der Waals surface area contributed by atoms with Gasteiger partial charge in [0.15, 0.2) is 11.5 Å². The van der Waals surface area contributed by atoms with E-state index < -0.39 is 6.17 Å². The van der Waals surface area contributed by atoms with Gasteiger partial charge >= 0.3 is 0 Å². The van der Waals surface area contributed by atoms with E-state index in [9.17, 15) is 4.39 Å². The highest BCUT2D eigenvalue weighted by Gasteiger charge is 2.16. The van der Waals surface area contributed by atoms with E-state index >= 15 is 0 Å². The minimum Gasteiger partial charge on any atom is -0.493 e. The summed E-state index contributed by atoms with van der Waals surface area (Å²) in [6.07, 6.45) is -0.401. The van der Waals surface area contributed by atoms with E-state index in [2.05, 4.69) is 0 Å². The molecule has 0 saturated carbocycles. The Balaban J connectivity index is 3.25. The van der Waals surface area contributed by atoms with Crippen LogP contribution in [0, 0.1) is 0 Å². The summed E-state index contributed by atoms with van der Waals surface area (Å²) in [4.78, 5) is 0. The number of rotatable bonds is 5. The fourth-order valence-electron chi connectivity index (χ4n) is 1.66. The van der Waals surface area contributed by atoms with Crippen molar-refractivity contribution in [3.63, 3.8) is 0 Å².